The van der Waals surface area contributed by atoms with Crippen LogP contribution in [0.25, 0.3) is 0 Å². The van der Waals surface area contributed by atoms with Crippen LogP contribution in [0.15, 0.2) is 42.5 Å². The number of anilines is 1. The van der Waals surface area contributed by atoms with Gasteiger partial charge in [0.2, 0.25) is 0 Å². The number of carbonyl (C=O) groups is 2. The smallest absolute Gasteiger partial charge is 0.260 e. The average Bonchev–Trinajstić information content (AvgIpc) is 2.66. The third kappa shape index (κ3) is 4.23. The fraction of sp³-hybridized carbons (Fsp3) is 0.333. The quantitative estimate of drug-likeness (QED) is 0.777. The molecule has 0 spiro atoms. The van der Waals surface area contributed by atoms with Crippen molar-refractivity contribution in [3.8, 4) is 5.75 Å². The minimum Gasteiger partial charge on any atom is -0.484 e. The number of rotatable bonds is 5. The molecule has 1 fully saturated rings. The summed E-state index contributed by atoms with van der Waals surface area (Å²) in [5, 5.41) is 0. The van der Waals surface area contributed by atoms with Gasteiger partial charge < -0.3 is 14.5 Å². The fourth-order valence-electron chi connectivity index (χ4n) is 3.25. The van der Waals surface area contributed by atoms with Crippen LogP contribution in [-0.2, 0) is 4.79 Å². The van der Waals surface area contributed by atoms with Gasteiger partial charge in [0, 0.05) is 37.4 Å². The second-order valence-electron chi connectivity index (χ2n) is 6.64. The number of aldehydes is 1. The number of piperazine rings is 1. The highest BCUT2D eigenvalue weighted by Gasteiger charge is 2.22. The Morgan fingerprint density at radius 2 is 1.85 bits per heavy atom. The van der Waals surface area contributed by atoms with E-state index in [1.54, 1.807) is 0 Å². The highest BCUT2D eigenvalue weighted by atomic mass is 16.5. The van der Waals surface area contributed by atoms with Gasteiger partial charge in [-0.3, -0.25) is 9.59 Å². The maximum atomic E-state index is 12.4. The van der Waals surface area contributed by atoms with Gasteiger partial charge in [-0.15, -0.1) is 0 Å². The lowest BCUT2D eigenvalue weighted by Crippen LogP contribution is -2.50. The molecule has 2 aromatic carbocycles. The van der Waals surface area contributed by atoms with Gasteiger partial charge in [-0.05, 0) is 55.3 Å². The Morgan fingerprint density at radius 1 is 1.08 bits per heavy atom. The van der Waals surface area contributed by atoms with E-state index in [1.165, 1.54) is 0 Å². The van der Waals surface area contributed by atoms with E-state index in [0.29, 0.717) is 18.7 Å². The number of aryl methyl sites for hydroxylation is 2. The van der Waals surface area contributed by atoms with Crippen LogP contribution < -0.4 is 9.64 Å². The van der Waals surface area contributed by atoms with Crippen LogP contribution in [0.5, 0.6) is 5.75 Å². The molecule has 3 rings (SSSR count). The van der Waals surface area contributed by atoms with E-state index in [1.807, 2.05) is 61.2 Å². The minimum absolute atomic E-state index is 0.0131. The lowest BCUT2D eigenvalue weighted by atomic mass is 10.1. The van der Waals surface area contributed by atoms with Crippen molar-refractivity contribution < 1.29 is 14.3 Å². The van der Waals surface area contributed by atoms with E-state index < -0.39 is 0 Å². The Morgan fingerprint density at radius 3 is 2.50 bits per heavy atom. The topological polar surface area (TPSA) is 49.9 Å². The first-order valence-corrected chi connectivity index (χ1v) is 8.85. The van der Waals surface area contributed by atoms with Crippen LogP contribution >= 0.6 is 0 Å². The van der Waals surface area contributed by atoms with E-state index in [9.17, 15) is 9.59 Å². The summed E-state index contributed by atoms with van der Waals surface area (Å²) >= 11 is 0. The second kappa shape index (κ2) is 8.04. The van der Waals surface area contributed by atoms with Gasteiger partial charge in [0.05, 0.1) is 0 Å². The molecule has 0 bridgehead atoms. The van der Waals surface area contributed by atoms with Gasteiger partial charge >= 0.3 is 0 Å². The molecule has 5 heteroatoms. The summed E-state index contributed by atoms with van der Waals surface area (Å²) < 4.78 is 5.62. The van der Waals surface area contributed by atoms with Gasteiger partial charge in [0.1, 0.15) is 12.0 Å². The van der Waals surface area contributed by atoms with Crippen molar-refractivity contribution in [2.45, 2.75) is 13.8 Å². The number of benzene rings is 2. The highest BCUT2D eigenvalue weighted by molar-refractivity contribution is 5.78. The summed E-state index contributed by atoms with van der Waals surface area (Å²) in [5.41, 5.74) is 4.00. The monoisotopic (exact) mass is 352 g/mol. The molecule has 0 unspecified atom stereocenters. The van der Waals surface area contributed by atoms with Crippen molar-refractivity contribution in [3.63, 3.8) is 0 Å². The number of carbonyl (C=O) groups excluding carboxylic acids is 2. The number of ether oxygens (including phenoxy) is 1. The van der Waals surface area contributed by atoms with Crippen LogP contribution in [0.2, 0.25) is 0 Å². The lowest BCUT2D eigenvalue weighted by molar-refractivity contribution is -0.133. The Balaban J connectivity index is 1.53. The van der Waals surface area contributed by atoms with Crippen molar-refractivity contribution in [3.05, 3.63) is 59.2 Å². The van der Waals surface area contributed by atoms with Crippen molar-refractivity contribution in [1.82, 2.24) is 4.90 Å². The number of amides is 1. The molecule has 1 saturated heterocycles. The molecule has 1 aliphatic heterocycles. The van der Waals surface area contributed by atoms with Gasteiger partial charge in [0.25, 0.3) is 5.91 Å². The largest absolute Gasteiger partial charge is 0.484 e. The molecule has 1 amide bonds. The molecule has 26 heavy (non-hydrogen) atoms. The molecule has 136 valence electrons. The van der Waals surface area contributed by atoms with Gasteiger partial charge in [-0.25, -0.2) is 0 Å². The van der Waals surface area contributed by atoms with Crippen molar-refractivity contribution in [2.24, 2.45) is 0 Å². The average molecular weight is 352 g/mol. The summed E-state index contributed by atoms with van der Waals surface area (Å²) in [6, 6.07) is 13.4. The van der Waals surface area contributed by atoms with Crippen molar-refractivity contribution >= 4 is 17.9 Å². The van der Waals surface area contributed by atoms with Crippen molar-refractivity contribution in [1.29, 1.82) is 0 Å². The van der Waals surface area contributed by atoms with E-state index in [-0.39, 0.29) is 12.5 Å². The summed E-state index contributed by atoms with van der Waals surface area (Å²) in [4.78, 5) is 27.4. The number of hydrogen-bond donors (Lipinski definition) is 0. The molecule has 0 atom stereocenters. The molecular weight excluding hydrogens is 328 g/mol. The molecule has 1 aliphatic rings. The van der Waals surface area contributed by atoms with E-state index in [4.69, 9.17) is 4.74 Å². The number of hydrogen-bond acceptors (Lipinski definition) is 4. The zero-order valence-electron chi connectivity index (χ0n) is 15.3. The third-order valence-corrected chi connectivity index (χ3v) is 4.68. The summed E-state index contributed by atoms with van der Waals surface area (Å²) in [7, 11) is 0. The highest BCUT2D eigenvalue weighted by Crippen LogP contribution is 2.22. The Hall–Kier alpha value is -2.82. The standard InChI is InChI=1S/C21H24N2O3/c1-16-4-3-5-19(12-16)26-15-21(25)23-10-8-22(9-11-23)20-7-6-18(14-24)13-17(20)2/h3-7,12-14H,8-11,15H2,1-2H3. The summed E-state index contributed by atoms with van der Waals surface area (Å²) in [6.45, 7) is 6.97. The SMILES string of the molecule is Cc1cccc(OCC(=O)N2CCN(c3ccc(C=O)cc3C)CC2)c1. The van der Waals surface area contributed by atoms with E-state index in [0.717, 1.165) is 41.9 Å². The predicted octanol–water partition coefficient (Wildman–Crippen LogP) is 2.84. The Kier molecular flexibility index (Phi) is 5.56. The van der Waals surface area contributed by atoms with Crippen LogP contribution in [0.1, 0.15) is 21.5 Å². The van der Waals surface area contributed by atoms with E-state index in [2.05, 4.69) is 4.90 Å². The summed E-state index contributed by atoms with van der Waals surface area (Å²) in [5.74, 6) is 0.738. The zero-order chi connectivity index (χ0) is 18.5. The van der Waals surface area contributed by atoms with Crippen LogP contribution in [0.3, 0.4) is 0 Å². The van der Waals surface area contributed by atoms with E-state index >= 15 is 0 Å². The molecular formula is C21H24N2O3. The molecule has 0 radical (unpaired) electrons. The molecule has 0 saturated carbocycles. The molecule has 2 aromatic rings. The first-order valence-electron chi connectivity index (χ1n) is 8.85. The molecule has 1 heterocycles. The Labute approximate surface area is 154 Å². The van der Waals surface area contributed by atoms with Crippen LogP contribution in [0, 0.1) is 13.8 Å². The molecule has 5 nitrogen and oxygen atoms in total. The lowest BCUT2D eigenvalue weighted by Gasteiger charge is -2.36. The van der Waals surface area contributed by atoms with Gasteiger partial charge in [0.15, 0.2) is 6.61 Å². The summed E-state index contributed by atoms with van der Waals surface area (Å²) in [6.07, 6.45) is 0.863. The third-order valence-electron chi connectivity index (χ3n) is 4.68. The van der Waals surface area contributed by atoms with Crippen molar-refractivity contribution in [2.75, 3.05) is 37.7 Å². The van der Waals surface area contributed by atoms with Crippen LogP contribution in [0.4, 0.5) is 5.69 Å². The Bertz CT molecular complexity index is 796. The zero-order valence-corrected chi connectivity index (χ0v) is 15.3. The first-order chi connectivity index (χ1) is 12.6. The fourth-order valence-corrected chi connectivity index (χ4v) is 3.25. The maximum Gasteiger partial charge on any atom is 0.260 e. The van der Waals surface area contributed by atoms with Crippen LogP contribution in [-0.4, -0.2) is 49.9 Å². The number of nitrogens with zero attached hydrogens (tertiary/aromatic N) is 2. The normalized spacial score (nSPS) is 14.2. The first kappa shape index (κ1) is 18.0. The minimum atomic E-state index is 0.0131. The molecule has 0 aromatic heterocycles. The molecule has 0 N–H and O–H groups in total. The maximum absolute atomic E-state index is 12.4. The van der Waals surface area contributed by atoms with Gasteiger partial charge in [-0.2, -0.15) is 0 Å². The molecule has 0 aliphatic carbocycles. The second-order valence-corrected chi connectivity index (χ2v) is 6.64. The van der Waals surface area contributed by atoms with Gasteiger partial charge in [-0.1, -0.05) is 12.1 Å². The predicted molar refractivity (Wildman–Crippen MR) is 102 cm³/mol.